The van der Waals surface area contributed by atoms with Crippen molar-refractivity contribution in [2.24, 2.45) is 5.73 Å². The molecule has 0 saturated carbocycles. The molecule has 2 rings (SSSR count). The van der Waals surface area contributed by atoms with Crippen molar-refractivity contribution in [1.29, 1.82) is 0 Å². The van der Waals surface area contributed by atoms with Gasteiger partial charge in [0.15, 0.2) is 0 Å². The van der Waals surface area contributed by atoms with Crippen molar-refractivity contribution in [3.63, 3.8) is 0 Å². The summed E-state index contributed by atoms with van der Waals surface area (Å²) in [4.78, 5) is 0. The van der Waals surface area contributed by atoms with Crippen LogP contribution in [0, 0.1) is 13.8 Å². The van der Waals surface area contributed by atoms with E-state index < -0.39 is 12.7 Å². The molecule has 0 fully saturated rings. The molecule has 0 aliphatic heterocycles. The maximum Gasteiger partial charge on any atom is 0.387 e. The maximum atomic E-state index is 12.4. The normalized spacial score (nSPS) is 12.5. The topological polar surface area (TPSA) is 35.2 Å². The molecule has 0 aliphatic carbocycles. The van der Waals surface area contributed by atoms with Gasteiger partial charge >= 0.3 is 6.61 Å². The van der Waals surface area contributed by atoms with E-state index in [1.54, 1.807) is 18.2 Å². The molecular formula is C16H17F2NO. The van der Waals surface area contributed by atoms with E-state index in [2.05, 4.69) is 4.74 Å². The number of aryl methyl sites for hydroxylation is 2. The van der Waals surface area contributed by atoms with Gasteiger partial charge in [-0.05, 0) is 36.6 Å². The molecule has 0 spiro atoms. The molecule has 0 aliphatic rings. The van der Waals surface area contributed by atoms with Crippen molar-refractivity contribution in [1.82, 2.24) is 0 Å². The van der Waals surface area contributed by atoms with E-state index in [1.807, 2.05) is 32.0 Å². The molecular weight excluding hydrogens is 260 g/mol. The summed E-state index contributed by atoms with van der Waals surface area (Å²) in [5, 5.41) is 0. The second kappa shape index (κ2) is 6.01. The lowest BCUT2D eigenvalue weighted by Crippen LogP contribution is -2.15. The van der Waals surface area contributed by atoms with E-state index in [-0.39, 0.29) is 5.75 Å². The molecule has 2 aromatic carbocycles. The number of benzene rings is 2. The van der Waals surface area contributed by atoms with Gasteiger partial charge in [-0.2, -0.15) is 8.78 Å². The minimum Gasteiger partial charge on any atom is -0.434 e. The van der Waals surface area contributed by atoms with Crippen molar-refractivity contribution in [2.45, 2.75) is 26.5 Å². The number of halogens is 2. The average molecular weight is 277 g/mol. The minimum atomic E-state index is -2.86. The highest BCUT2D eigenvalue weighted by atomic mass is 19.3. The number of rotatable bonds is 4. The quantitative estimate of drug-likeness (QED) is 0.918. The van der Waals surface area contributed by atoms with Crippen molar-refractivity contribution in [2.75, 3.05) is 0 Å². The first-order valence-electron chi connectivity index (χ1n) is 6.35. The summed E-state index contributed by atoms with van der Waals surface area (Å²) in [6, 6.07) is 12.0. The van der Waals surface area contributed by atoms with Gasteiger partial charge in [-0.15, -0.1) is 0 Å². The summed E-state index contributed by atoms with van der Waals surface area (Å²) < 4.78 is 29.4. The Morgan fingerprint density at radius 2 is 1.70 bits per heavy atom. The number of nitrogens with two attached hydrogens (primary N) is 1. The van der Waals surface area contributed by atoms with Crippen LogP contribution in [0.25, 0.3) is 0 Å². The molecule has 2 N–H and O–H groups in total. The molecule has 2 nitrogen and oxygen atoms in total. The molecule has 0 amide bonds. The van der Waals surface area contributed by atoms with Crippen LogP contribution in [0.4, 0.5) is 8.78 Å². The summed E-state index contributed by atoms with van der Waals surface area (Å²) in [7, 11) is 0. The molecule has 1 atom stereocenters. The van der Waals surface area contributed by atoms with Crippen molar-refractivity contribution in [3.05, 3.63) is 64.7 Å². The highest BCUT2D eigenvalue weighted by Crippen LogP contribution is 2.30. The van der Waals surface area contributed by atoms with Gasteiger partial charge in [0.1, 0.15) is 5.75 Å². The van der Waals surface area contributed by atoms with Gasteiger partial charge in [0, 0.05) is 5.56 Å². The first kappa shape index (κ1) is 14.5. The third-order valence-electron chi connectivity index (χ3n) is 3.36. The molecule has 0 heterocycles. The SMILES string of the molecule is Cc1ccc(C(N)c2ccccc2OC(F)F)cc1C. The molecule has 0 bridgehead atoms. The number of hydrogen-bond acceptors (Lipinski definition) is 2. The summed E-state index contributed by atoms with van der Waals surface area (Å²) >= 11 is 0. The standard InChI is InChI=1S/C16H17F2NO/c1-10-7-8-12(9-11(10)2)15(19)13-5-3-4-6-14(13)20-16(17)18/h3-9,15-16H,19H2,1-2H3. The third-order valence-corrected chi connectivity index (χ3v) is 3.36. The molecule has 0 saturated heterocycles. The lowest BCUT2D eigenvalue weighted by Gasteiger charge is -2.18. The van der Waals surface area contributed by atoms with Crippen LogP contribution >= 0.6 is 0 Å². The zero-order chi connectivity index (χ0) is 14.7. The second-order valence-corrected chi connectivity index (χ2v) is 4.74. The number of alkyl halides is 2. The van der Waals surface area contributed by atoms with E-state index in [1.165, 1.54) is 6.07 Å². The van der Waals surface area contributed by atoms with Crippen molar-refractivity contribution < 1.29 is 13.5 Å². The minimum absolute atomic E-state index is 0.119. The lowest BCUT2D eigenvalue weighted by molar-refractivity contribution is -0.0505. The fourth-order valence-electron chi connectivity index (χ4n) is 2.08. The molecule has 0 aromatic heterocycles. The van der Waals surface area contributed by atoms with Crippen LogP contribution < -0.4 is 10.5 Å². The Labute approximate surface area is 117 Å². The maximum absolute atomic E-state index is 12.4. The third kappa shape index (κ3) is 3.14. The van der Waals surface area contributed by atoms with Crippen molar-refractivity contribution >= 4 is 0 Å². The van der Waals surface area contributed by atoms with Crippen LogP contribution in [-0.4, -0.2) is 6.61 Å². The number of hydrogen-bond donors (Lipinski definition) is 1. The second-order valence-electron chi connectivity index (χ2n) is 4.74. The predicted octanol–water partition coefficient (Wildman–Crippen LogP) is 3.95. The highest BCUT2D eigenvalue weighted by molar-refractivity contribution is 5.43. The average Bonchev–Trinajstić information content (AvgIpc) is 2.41. The van der Waals surface area contributed by atoms with Crippen LogP contribution in [0.2, 0.25) is 0 Å². The Balaban J connectivity index is 2.37. The molecule has 1 unspecified atom stereocenters. The number of ether oxygens (including phenoxy) is 1. The largest absolute Gasteiger partial charge is 0.434 e. The van der Waals surface area contributed by atoms with Gasteiger partial charge in [0.25, 0.3) is 0 Å². The van der Waals surface area contributed by atoms with Gasteiger partial charge in [-0.25, -0.2) is 0 Å². The zero-order valence-corrected chi connectivity index (χ0v) is 11.4. The first-order valence-corrected chi connectivity index (χ1v) is 6.35. The summed E-state index contributed by atoms with van der Waals surface area (Å²) in [5.41, 5.74) is 9.89. The lowest BCUT2D eigenvalue weighted by atomic mass is 9.96. The van der Waals surface area contributed by atoms with Crippen molar-refractivity contribution in [3.8, 4) is 5.75 Å². The summed E-state index contributed by atoms with van der Waals surface area (Å²) in [6.07, 6.45) is 0. The van der Waals surface area contributed by atoms with Crippen LogP contribution in [0.3, 0.4) is 0 Å². The smallest absolute Gasteiger partial charge is 0.387 e. The Morgan fingerprint density at radius 3 is 2.35 bits per heavy atom. The van der Waals surface area contributed by atoms with Crippen LogP contribution in [0.5, 0.6) is 5.75 Å². The molecule has 0 radical (unpaired) electrons. The summed E-state index contributed by atoms with van der Waals surface area (Å²) in [6.45, 7) is 1.15. The molecule has 4 heteroatoms. The Morgan fingerprint density at radius 1 is 1.00 bits per heavy atom. The fourth-order valence-corrected chi connectivity index (χ4v) is 2.08. The van der Waals surface area contributed by atoms with Gasteiger partial charge in [0.2, 0.25) is 0 Å². The van der Waals surface area contributed by atoms with Gasteiger partial charge in [-0.3, -0.25) is 0 Å². The van der Waals surface area contributed by atoms with Crippen LogP contribution in [-0.2, 0) is 0 Å². The van der Waals surface area contributed by atoms with Crippen LogP contribution in [0.1, 0.15) is 28.3 Å². The van der Waals surface area contributed by atoms with Gasteiger partial charge in [0.05, 0.1) is 6.04 Å². The van der Waals surface area contributed by atoms with E-state index in [0.717, 1.165) is 16.7 Å². The zero-order valence-electron chi connectivity index (χ0n) is 11.4. The molecule has 20 heavy (non-hydrogen) atoms. The van der Waals surface area contributed by atoms with E-state index in [4.69, 9.17) is 5.73 Å². The van der Waals surface area contributed by atoms with E-state index in [0.29, 0.717) is 5.56 Å². The van der Waals surface area contributed by atoms with E-state index >= 15 is 0 Å². The Kier molecular flexibility index (Phi) is 4.35. The van der Waals surface area contributed by atoms with Gasteiger partial charge < -0.3 is 10.5 Å². The summed E-state index contributed by atoms with van der Waals surface area (Å²) in [5.74, 6) is 0.119. The first-order chi connectivity index (χ1) is 9.49. The monoisotopic (exact) mass is 277 g/mol. The fraction of sp³-hybridized carbons (Fsp3) is 0.250. The molecule has 2 aromatic rings. The predicted molar refractivity (Wildman–Crippen MR) is 75.0 cm³/mol. The Bertz CT molecular complexity index is 599. The number of para-hydroxylation sites is 1. The van der Waals surface area contributed by atoms with Crippen LogP contribution in [0.15, 0.2) is 42.5 Å². The molecule has 106 valence electrons. The highest BCUT2D eigenvalue weighted by Gasteiger charge is 2.16. The van der Waals surface area contributed by atoms with E-state index in [9.17, 15) is 8.78 Å². The van der Waals surface area contributed by atoms with Gasteiger partial charge in [-0.1, -0.05) is 36.4 Å². The Hall–Kier alpha value is -1.94.